The zero-order valence-electron chi connectivity index (χ0n) is 9.46. The normalized spacial score (nSPS) is 14.1. The van der Waals surface area contributed by atoms with E-state index >= 15 is 0 Å². The van der Waals surface area contributed by atoms with Crippen molar-refractivity contribution in [3.05, 3.63) is 29.8 Å². The number of hydrogen-bond donors (Lipinski definition) is 2. The average Bonchev–Trinajstić information content (AvgIpc) is 2.30. The van der Waals surface area contributed by atoms with Crippen molar-refractivity contribution in [2.24, 2.45) is 0 Å². The number of carbonyl (C=O) groups is 1. The number of hydrogen-bond acceptors (Lipinski definition) is 3. The molecule has 0 spiro atoms. The Labute approximate surface area is 97.2 Å². The van der Waals surface area contributed by atoms with E-state index in [1.54, 1.807) is 0 Å². The summed E-state index contributed by atoms with van der Waals surface area (Å²) in [6.45, 7) is 1.06. The summed E-state index contributed by atoms with van der Waals surface area (Å²) in [5, 5.41) is 11.5. The summed E-state index contributed by atoms with van der Waals surface area (Å²) in [5.74, 6) is -3.62. The number of carboxylic acid groups (broad SMARTS) is 1. The van der Waals surface area contributed by atoms with Gasteiger partial charge in [-0.1, -0.05) is 6.07 Å². The summed E-state index contributed by atoms with van der Waals surface area (Å²) in [4.78, 5) is 10.9. The van der Waals surface area contributed by atoms with Crippen molar-refractivity contribution in [2.45, 2.75) is 12.5 Å². The lowest BCUT2D eigenvalue weighted by atomic mass is 10.1. The summed E-state index contributed by atoms with van der Waals surface area (Å²) in [6, 6.07) is 3.47. The molecular weight excluding hydrogens is 232 g/mol. The van der Waals surface area contributed by atoms with Crippen molar-refractivity contribution in [1.82, 2.24) is 5.32 Å². The molecule has 1 aromatic rings. The van der Waals surface area contributed by atoms with Crippen molar-refractivity contribution in [3.63, 3.8) is 0 Å². The smallest absolute Gasteiger partial charge is 0.327 e. The second-order valence-corrected chi connectivity index (χ2v) is 3.73. The summed E-state index contributed by atoms with van der Waals surface area (Å²) in [5.41, 5.74) is -1.36. The Balaban J connectivity index is 2.80. The molecule has 0 fully saturated rings. The molecule has 0 saturated heterocycles. The fraction of sp³-hybridized carbons (Fsp3) is 0.364. The predicted octanol–water partition coefficient (Wildman–Crippen LogP) is 1.41. The van der Waals surface area contributed by atoms with Crippen molar-refractivity contribution in [3.8, 4) is 5.75 Å². The summed E-state index contributed by atoms with van der Waals surface area (Å²) in [7, 11) is 1.44. The van der Waals surface area contributed by atoms with E-state index in [1.807, 2.05) is 0 Å². The van der Waals surface area contributed by atoms with Crippen LogP contribution in [0.5, 0.6) is 5.75 Å². The lowest BCUT2D eigenvalue weighted by Gasteiger charge is -2.24. The highest BCUT2D eigenvalue weighted by Gasteiger charge is 2.32. The molecule has 0 saturated carbocycles. The van der Waals surface area contributed by atoms with Gasteiger partial charge in [-0.3, -0.25) is 4.79 Å². The molecule has 0 radical (unpaired) electrons. The van der Waals surface area contributed by atoms with Gasteiger partial charge >= 0.3 is 5.97 Å². The molecule has 0 bridgehead atoms. The first kappa shape index (κ1) is 13.4. The lowest BCUT2D eigenvalue weighted by molar-refractivity contribution is -0.145. The largest absolute Gasteiger partial charge is 0.488 e. The van der Waals surface area contributed by atoms with Crippen LogP contribution in [0.25, 0.3) is 0 Å². The highest BCUT2D eigenvalue weighted by molar-refractivity contribution is 5.78. The van der Waals surface area contributed by atoms with Crippen LogP contribution in [-0.4, -0.2) is 30.3 Å². The molecule has 4 nitrogen and oxygen atoms in total. The van der Waals surface area contributed by atoms with Crippen molar-refractivity contribution in [2.75, 3.05) is 13.7 Å². The van der Waals surface area contributed by atoms with Gasteiger partial charge in [-0.2, -0.15) is 4.39 Å². The predicted molar refractivity (Wildman–Crippen MR) is 57.0 cm³/mol. The van der Waals surface area contributed by atoms with Crippen LogP contribution in [0.4, 0.5) is 8.78 Å². The third-order valence-electron chi connectivity index (χ3n) is 2.46. The highest BCUT2D eigenvalue weighted by Crippen LogP contribution is 2.20. The molecule has 1 rings (SSSR count). The Hall–Kier alpha value is -1.69. The molecule has 2 N–H and O–H groups in total. The molecule has 94 valence electrons. The third-order valence-corrected chi connectivity index (χ3v) is 2.46. The van der Waals surface area contributed by atoms with Gasteiger partial charge in [-0.25, -0.2) is 4.39 Å². The number of benzene rings is 1. The number of rotatable bonds is 5. The van der Waals surface area contributed by atoms with Gasteiger partial charge in [-0.15, -0.1) is 0 Å². The van der Waals surface area contributed by atoms with E-state index in [1.165, 1.54) is 26.1 Å². The molecule has 1 atom stereocenters. The van der Waals surface area contributed by atoms with Gasteiger partial charge in [0.05, 0.1) is 0 Å². The Morgan fingerprint density at radius 2 is 2.18 bits per heavy atom. The first-order valence-electron chi connectivity index (χ1n) is 4.90. The van der Waals surface area contributed by atoms with Crippen LogP contribution in [-0.2, 0) is 4.79 Å². The van der Waals surface area contributed by atoms with Crippen LogP contribution in [0.15, 0.2) is 18.2 Å². The van der Waals surface area contributed by atoms with E-state index in [2.05, 4.69) is 5.32 Å². The van der Waals surface area contributed by atoms with Crippen molar-refractivity contribution >= 4 is 5.97 Å². The molecule has 1 unspecified atom stereocenters. The fourth-order valence-electron chi connectivity index (χ4n) is 1.06. The Morgan fingerprint density at radius 3 is 2.71 bits per heavy atom. The molecule has 0 amide bonds. The quantitative estimate of drug-likeness (QED) is 0.823. The summed E-state index contributed by atoms with van der Waals surface area (Å²) < 4.78 is 31.0. The first-order chi connectivity index (χ1) is 7.90. The molecule has 0 heterocycles. The minimum Gasteiger partial charge on any atom is -0.488 e. The molecule has 0 aliphatic rings. The Morgan fingerprint density at radius 1 is 1.53 bits per heavy atom. The lowest BCUT2D eigenvalue weighted by Crippen LogP contribution is -2.52. The minimum atomic E-state index is -1.36. The fourth-order valence-corrected chi connectivity index (χ4v) is 1.06. The number of ether oxygens (including phenoxy) is 1. The molecule has 1 aromatic carbocycles. The molecule has 17 heavy (non-hydrogen) atoms. The topological polar surface area (TPSA) is 58.6 Å². The maximum Gasteiger partial charge on any atom is 0.327 e. The van der Waals surface area contributed by atoms with E-state index in [-0.39, 0.29) is 12.4 Å². The average molecular weight is 245 g/mol. The zero-order valence-corrected chi connectivity index (χ0v) is 9.46. The standard InChI is InChI=1S/C11H13F2NO3/c1-11(14-2,10(15)16)6-17-8-5-3-4-7(12)9(8)13/h3-5,14H,6H2,1-2H3,(H,15,16). The van der Waals surface area contributed by atoms with Gasteiger partial charge in [-0.05, 0) is 26.1 Å². The third kappa shape index (κ3) is 2.91. The SMILES string of the molecule is CNC(C)(COc1cccc(F)c1F)C(=O)O. The van der Waals surface area contributed by atoms with Gasteiger partial charge in [0.2, 0.25) is 5.82 Å². The van der Waals surface area contributed by atoms with Crippen LogP contribution in [0.1, 0.15) is 6.92 Å². The molecule has 0 aliphatic carbocycles. The first-order valence-corrected chi connectivity index (χ1v) is 4.90. The number of likely N-dealkylation sites (N-methyl/N-ethyl adjacent to an activating group) is 1. The van der Waals surface area contributed by atoms with Gasteiger partial charge in [0, 0.05) is 0 Å². The van der Waals surface area contributed by atoms with Gasteiger partial charge in [0.1, 0.15) is 12.1 Å². The Kier molecular flexibility index (Phi) is 4.01. The van der Waals surface area contributed by atoms with E-state index < -0.39 is 23.1 Å². The second-order valence-electron chi connectivity index (χ2n) is 3.73. The second kappa shape index (κ2) is 5.09. The number of halogens is 2. The molecular formula is C11H13F2NO3. The van der Waals surface area contributed by atoms with E-state index in [0.29, 0.717) is 0 Å². The van der Waals surface area contributed by atoms with Crippen LogP contribution in [0.3, 0.4) is 0 Å². The monoisotopic (exact) mass is 245 g/mol. The molecule has 0 aromatic heterocycles. The maximum atomic E-state index is 13.2. The zero-order chi connectivity index (χ0) is 13.1. The van der Waals surface area contributed by atoms with E-state index in [9.17, 15) is 13.6 Å². The van der Waals surface area contributed by atoms with Crippen LogP contribution < -0.4 is 10.1 Å². The molecule has 0 aliphatic heterocycles. The number of carboxylic acids is 1. The van der Waals surface area contributed by atoms with Crippen molar-refractivity contribution < 1.29 is 23.4 Å². The highest BCUT2D eigenvalue weighted by atomic mass is 19.2. The van der Waals surface area contributed by atoms with Crippen LogP contribution in [0, 0.1) is 11.6 Å². The van der Waals surface area contributed by atoms with Crippen LogP contribution >= 0.6 is 0 Å². The van der Waals surface area contributed by atoms with Crippen LogP contribution in [0.2, 0.25) is 0 Å². The van der Waals surface area contributed by atoms with Gasteiger partial charge in [0.15, 0.2) is 11.6 Å². The van der Waals surface area contributed by atoms with Crippen molar-refractivity contribution in [1.29, 1.82) is 0 Å². The summed E-state index contributed by atoms with van der Waals surface area (Å²) in [6.07, 6.45) is 0. The number of aliphatic carboxylic acids is 1. The number of nitrogens with one attached hydrogen (secondary N) is 1. The van der Waals surface area contributed by atoms with Gasteiger partial charge < -0.3 is 15.2 Å². The molecule has 6 heteroatoms. The van der Waals surface area contributed by atoms with Gasteiger partial charge in [0.25, 0.3) is 0 Å². The summed E-state index contributed by atoms with van der Waals surface area (Å²) >= 11 is 0. The van der Waals surface area contributed by atoms with E-state index in [4.69, 9.17) is 9.84 Å². The maximum absolute atomic E-state index is 13.2. The minimum absolute atomic E-state index is 0.312. The van der Waals surface area contributed by atoms with E-state index in [0.717, 1.165) is 6.07 Å². The Bertz CT molecular complexity index is 425.